The van der Waals surface area contributed by atoms with Crippen molar-refractivity contribution in [2.45, 2.75) is 46.1 Å². The number of amides is 2. The molecule has 0 aromatic carbocycles. The minimum Gasteiger partial charge on any atom is -0.481 e. The first-order valence-electron chi connectivity index (χ1n) is 7.16. The van der Waals surface area contributed by atoms with Crippen LogP contribution in [0.2, 0.25) is 0 Å². The van der Waals surface area contributed by atoms with Crippen molar-refractivity contribution >= 4 is 17.8 Å². The summed E-state index contributed by atoms with van der Waals surface area (Å²) in [5.74, 6) is -2.03. The van der Waals surface area contributed by atoms with Crippen LogP contribution in [0.3, 0.4) is 0 Å². The number of aliphatic carboxylic acids is 1. The number of carbonyl (C=O) groups excluding carboxylic acids is 2. The topological polar surface area (TPSA) is 86.7 Å². The van der Waals surface area contributed by atoms with Crippen LogP contribution in [0.4, 0.5) is 0 Å². The monoisotopic (exact) mass is 284 g/mol. The molecule has 20 heavy (non-hydrogen) atoms. The summed E-state index contributed by atoms with van der Waals surface area (Å²) in [5.41, 5.74) is 0. The average Bonchev–Trinajstić information content (AvgIpc) is 2.76. The summed E-state index contributed by atoms with van der Waals surface area (Å²) in [5, 5.41) is 11.7. The van der Waals surface area contributed by atoms with Gasteiger partial charge in [-0.2, -0.15) is 0 Å². The third kappa shape index (κ3) is 4.21. The van der Waals surface area contributed by atoms with Crippen molar-refractivity contribution in [2.24, 2.45) is 11.8 Å². The van der Waals surface area contributed by atoms with E-state index in [0.717, 1.165) is 6.42 Å². The van der Waals surface area contributed by atoms with Crippen molar-refractivity contribution in [3.63, 3.8) is 0 Å². The third-order valence-electron chi connectivity index (χ3n) is 3.66. The van der Waals surface area contributed by atoms with Gasteiger partial charge in [0.15, 0.2) is 0 Å². The Morgan fingerprint density at radius 1 is 1.45 bits per heavy atom. The number of nitrogens with zero attached hydrogens (tertiary/aromatic N) is 1. The highest BCUT2D eigenvalue weighted by atomic mass is 16.4. The predicted molar refractivity (Wildman–Crippen MR) is 74.0 cm³/mol. The Morgan fingerprint density at radius 3 is 2.55 bits per heavy atom. The minimum atomic E-state index is -0.890. The lowest BCUT2D eigenvalue weighted by atomic mass is 10.0. The van der Waals surface area contributed by atoms with Gasteiger partial charge in [0.1, 0.15) is 0 Å². The van der Waals surface area contributed by atoms with Gasteiger partial charge in [0, 0.05) is 25.6 Å². The van der Waals surface area contributed by atoms with E-state index in [2.05, 4.69) is 5.32 Å². The minimum absolute atomic E-state index is 0.0107. The molecule has 6 nitrogen and oxygen atoms in total. The Balaban J connectivity index is 2.48. The molecule has 0 radical (unpaired) electrons. The first kappa shape index (κ1) is 16.5. The van der Waals surface area contributed by atoms with Crippen LogP contribution >= 0.6 is 0 Å². The summed E-state index contributed by atoms with van der Waals surface area (Å²) in [4.78, 5) is 36.4. The summed E-state index contributed by atoms with van der Waals surface area (Å²) >= 11 is 0. The quantitative estimate of drug-likeness (QED) is 0.726. The van der Waals surface area contributed by atoms with E-state index >= 15 is 0 Å². The first-order valence-corrected chi connectivity index (χ1v) is 7.16. The predicted octanol–water partition coefficient (Wildman–Crippen LogP) is 0.860. The van der Waals surface area contributed by atoms with Gasteiger partial charge in [0.2, 0.25) is 11.8 Å². The summed E-state index contributed by atoms with van der Waals surface area (Å²) in [6.45, 7) is 6.30. The van der Waals surface area contributed by atoms with Crippen LogP contribution in [0, 0.1) is 11.8 Å². The van der Waals surface area contributed by atoms with Gasteiger partial charge in [-0.25, -0.2) is 0 Å². The average molecular weight is 284 g/mol. The zero-order valence-electron chi connectivity index (χ0n) is 12.4. The van der Waals surface area contributed by atoms with Gasteiger partial charge in [-0.3, -0.25) is 14.4 Å². The number of nitrogens with one attached hydrogen (secondary N) is 1. The molecular formula is C14H24N2O4. The molecule has 0 aromatic rings. The second-order valence-electron chi connectivity index (χ2n) is 5.61. The number of hydrogen-bond acceptors (Lipinski definition) is 3. The van der Waals surface area contributed by atoms with Crippen LogP contribution < -0.4 is 5.32 Å². The van der Waals surface area contributed by atoms with E-state index in [1.807, 2.05) is 20.8 Å². The lowest BCUT2D eigenvalue weighted by Crippen LogP contribution is -2.38. The number of carbonyl (C=O) groups is 3. The fraction of sp³-hybridized carbons (Fsp3) is 0.786. The molecule has 2 amide bonds. The number of rotatable bonds is 7. The van der Waals surface area contributed by atoms with E-state index < -0.39 is 11.9 Å². The van der Waals surface area contributed by atoms with Crippen molar-refractivity contribution in [1.82, 2.24) is 10.2 Å². The highest BCUT2D eigenvalue weighted by molar-refractivity contribution is 5.89. The highest BCUT2D eigenvalue weighted by Gasteiger charge is 2.35. The van der Waals surface area contributed by atoms with Gasteiger partial charge in [0.25, 0.3) is 0 Å². The fourth-order valence-electron chi connectivity index (χ4n) is 2.44. The molecule has 0 aliphatic carbocycles. The van der Waals surface area contributed by atoms with Gasteiger partial charge >= 0.3 is 5.97 Å². The summed E-state index contributed by atoms with van der Waals surface area (Å²) < 4.78 is 0. The molecule has 2 N–H and O–H groups in total. The first-order chi connectivity index (χ1) is 9.36. The van der Waals surface area contributed by atoms with Gasteiger partial charge < -0.3 is 15.3 Å². The van der Waals surface area contributed by atoms with Crippen LogP contribution in [-0.4, -0.2) is 46.9 Å². The smallest absolute Gasteiger partial charge is 0.308 e. The van der Waals surface area contributed by atoms with Crippen LogP contribution in [0.25, 0.3) is 0 Å². The fourth-order valence-corrected chi connectivity index (χ4v) is 2.44. The van der Waals surface area contributed by atoms with Crippen LogP contribution in [-0.2, 0) is 14.4 Å². The zero-order chi connectivity index (χ0) is 15.3. The second kappa shape index (κ2) is 7.26. The second-order valence-corrected chi connectivity index (χ2v) is 5.61. The molecule has 114 valence electrons. The lowest BCUT2D eigenvalue weighted by Gasteiger charge is -2.21. The summed E-state index contributed by atoms with van der Waals surface area (Å²) in [6.07, 6.45) is 1.52. The van der Waals surface area contributed by atoms with Crippen molar-refractivity contribution in [1.29, 1.82) is 0 Å². The molecule has 2 atom stereocenters. The standard InChI is InChI=1S/C14H24N2O4/c1-4-5-10(14(19)20)7-15-13(18)11-6-12(17)16(8-11)9(2)3/h9-11H,4-8H2,1-3H3,(H,15,18)(H,19,20). The Labute approximate surface area is 119 Å². The summed E-state index contributed by atoms with van der Waals surface area (Å²) in [6, 6.07) is 0.0900. The molecule has 1 fully saturated rings. The molecule has 0 bridgehead atoms. The SMILES string of the molecule is CCCC(CNC(=O)C1CC(=O)N(C(C)C)C1)C(=O)O. The Morgan fingerprint density at radius 2 is 2.10 bits per heavy atom. The van der Waals surface area contributed by atoms with E-state index in [9.17, 15) is 14.4 Å². The molecule has 1 aliphatic heterocycles. The number of likely N-dealkylation sites (tertiary alicyclic amines) is 1. The molecule has 0 spiro atoms. The number of carboxylic acids is 1. The summed E-state index contributed by atoms with van der Waals surface area (Å²) in [7, 11) is 0. The molecule has 2 unspecified atom stereocenters. The Bertz CT molecular complexity index is 381. The zero-order valence-corrected chi connectivity index (χ0v) is 12.4. The molecular weight excluding hydrogens is 260 g/mol. The largest absolute Gasteiger partial charge is 0.481 e. The normalized spacial score (nSPS) is 20.3. The molecule has 1 saturated heterocycles. The van der Waals surface area contributed by atoms with Crippen molar-refractivity contribution < 1.29 is 19.5 Å². The molecule has 1 heterocycles. The van der Waals surface area contributed by atoms with E-state index in [0.29, 0.717) is 13.0 Å². The molecule has 0 aromatic heterocycles. The van der Waals surface area contributed by atoms with E-state index in [4.69, 9.17) is 5.11 Å². The van der Waals surface area contributed by atoms with Gasteiger partial charge in [-0.15, -0.1) is 0 Å². The van der Waals surface area contributed by atoms with Crippen molar-refractivity contribution in [3.8, 4) is 0 Å². The Hall–Kier alpha value is -1.59. The molecule has 6 heteroatoms. The Kier molecular flexibility index (Phi) is 5.98. The van der Waals surface area contributed by atoms with Crippen molar-refractivity contribution in [3.05, 3.63) is 0 Å². The lowest BCUT2D eigenvalue weighted by molar-refractivity contribution is -0.142. The van der Waals surface area contributed by atoms with Gasteiger partial charge in [-0.1, -0.05) is 13.3 Å². The maximum Gasteiger partial charge on any atom is 0.308 e. The van der Waals surface area contributed by atoms with Gasteiger partial charge in [-0.05, 0) is 20.3 Å². The van der Waals surface area contributed by atoms with Crippen molar-refractivity contribution in [2.75, 3.05) is 13.1 Å². The third-order valence-corrected chi connectivity index (χ3v) is 3.66. The van der Waals surface area contributed by atoms with Crippen LogP contribution in [0.1, 0.15) is 40.0 Å². The van der Waals surface area contributed by atoms with Crippen LogP contribution in [0.15, 0.2) is 0 Å². The maximum absolute atomic E-state index is 12.0. The van der Waals surface area contributed by atoms with Gasteiger partial charge in [0.05, 0.1) is 11.8 Å². The van der Waals surface area contributed by atoms with Crippen LogP contribution in [0.5, 0.6) is 0 Å². The number of carboxylic acid groups (broad SMARTS) is 1. The number of hydrogen-bond donors (Lipinski definition) is 2. The van der Waals surface area contributed by atoms with E-state index in [-0.39, 0.29) is 36.7 Å². The molecule has 0 saturated carbocycles. The maximum atomic E-state index is 12.0. The van der Waals surface area contributed by atoms with E-state index in [1.54, 1.807) is 4.90 Å². The molecule has 1 rings (SSSR count). The van der Waals surface area contributed by atoms with E-state index in [1.165, 1.54) is 0 Å². The highest BCUT2D eigenvalue weighted by Crippen LogP contribution is 2.20. The molecule has 1 aliphatic rings.